The van der Waals surface area contributed by atoms with Crippen molar-refractivity contribution in [2.75, 3.05) is 19.6 Å². The molecule has 1 fully saturated rings. The van der Waals surface area contributed by atoms with Crippen LogP contribution in [0.4, 0.5) is 0 Å². The van der Waals surface area contributed by atoms with E-state index >= 15 is 0 Å². The number of aromatic amines is 1. The smallest absolute Gasteiger partial charge is 0.290 e. The monoisotopic (exact) mass is 209 g/mol. The molecule has 1 aromatic heterocycles. The lowest BCUT2D eigenvalue weighted by Gasteiger charge is -2.07. The lowest BCUT2D eigenvalue weighted by molar-refractivity contribution is 0.0938. The Morgan fingerprint density at radius 1 is 1.67 bits per heavy atom. The third-order valence-corrected chi connectivity index (χ3v) is 2.51. The van der Waals surface area contributed by atoms with Gasteiger partial charge in [0.1, 0.15) is 5.82 Å². The molecule has 0 aromatic carbocycles. The van der Waals surface area contributed by atoms with E-state index in [-0.39, 0.29) is 11.7 Å². The number of H-pyrrole nitrogens is 1. The van der Waals surface area contributed by atoms with Crippen molar-refractivity contribution in [1.29, 1.82) is 0 Å². The maximum atomic E-state index is 11.5. The van der Waals surface area contributed by atoms with Gasteiger partial charge in [0.2, 0.25) is 5.82 Å². The molecule has 6 heteroatoms. The Kier molecular flexibility index (Phi) is 2.96. The number of carbonyl (C=O) groups is 1. The van der Waals surface area contributed by atoms with Gasteiger partial charge in [0.05, 0.1) is 0 Å². The molecule has 1 aliphatic rings. The molecule has 82 valence electrons. The number of carbonyl (C=O) groups excluding carboxylic acids is 1. The SMILES string of the molecule is Cc1nc(C(=O)NCC2CCNC2)n[nH]1. The Balaban J connectivity index is 1.81. The predicted octanol–water partition coefficient (Wildman–Crippen LogP) is -0.548. The first kappa shape index (κ1) is 10.1. The van der Waals surface area contributed by atoms with Crippen LogP contribution >= 0.6 is 0 Å². The van der Waals surface area contributed by atoms with Gasteiger partial charge in [-0.05, 0) is 32.4 Å². The molecular weight excluding hydrogens is 194 g/mol. The maximum absolute atomic E-state index is 11.5. The van der Waals surface area contributed by atoms with E-state index in [1.165, 1.54) is 0 Å². The summed E-state index contributed by atoms with van der Waals surface area (Å²) in [4.78, 5) is 15.5. The van der Waals surface area contributed by atoms with Gasteiger partial charge in [-0.3, -0.25) is 9.89 Å². The van der Waals surface area contributed by atoms with E-state index in [4.69, 9.17) is 0 Å². The van der Waals surface area contributed by atoms with Crippen LogP contribution in [0, 0.1) is 12.8 Å². The van der Waals surface area contributed by atoms with Crippen molar-refractivity contribution in [3.8, 4) is 0 Å². The minimum Gasteiger partial charge on any atom is -0.349 e. The summed E-state index contributed by atoms with van der Waals surface area (Å²) in [6.07, 6.45) is 1.12. The first-order valence-electron chi connectivity index (χ1n) is 5.13. The Morgan fingerprint density at radius 2 is 2.53 bits per heavy atom. The molecule has 0 radical (unpaired) electrons. The van der Waals surface area contributed by atoms with Gasteiger partial charge >= 0.3 is 0 Å². The van der Waals surface area contributed by atoms with E-state index in [1.54, 1.807) is 6.92 Å². The highest BCUT2D eigenvalue weighted by molar-refractivity contribution is 5.90. The molecule has 6 nitrogen and oxygen atoms in total. The van der Waals surface area contributed by atoms with Crippen LogP contribution in [0.1, 0.15) is 22.9 Å². The molecule has 0 spiro atoms. The number of amides is 1. The minimum atomic E-state index is -0.203. The molecule has 15 heavy (non-hydrogen) atoms. The number of nitrogens with zero attached hydrogens (tertiary/aromatic N) is 2. The molecule has 1 aliphatic heterocycles. The quantitative estimate of drug-likeness (QED) is 0.624. The summed E-state index contributed by atoms with van der Waals surface area (Å²) in [5.74, 6) is 1.21. The van der Waals surface area contributed by atoms with Crippen LogP contribution in [0.2, 0.25) is 0 Å². The van der Waals surface area contributed by atoms with Gasteiger partial charge in [0.25, 0.3) is 5.91 Å². The zero-order valence-corrected chi connectivity index (χ0v) is 8.71. The number of rotatable bonds is 3. The molecule has 2 heterocycles. The van der Waals surface area contributed by atoms with Gasteiger partial charge in [-0.15, -0.1) is 5.10 Å². The first-order valence-corrected chi connectivity index (χ1v) is 5.13. The molecule has 1 amide bonds. The Labute approximate surface area is 87.9 Å². The second-order valence-corrected chi connectivity index (χ2v) is 3.81. The fourth-order valence-electron chi connectivity index (χ4n) is 1.65. The fourth-order valence-corrected chi connectivity index (χ4v) is 1.65. The van der Waals surface area contributed by atoms with Crippen molar-refractivity contribution < 1.29 is 4.79 Å². The highest BCUT2D eigenvalue weighted by atomic mass is 16.2. The van der Waals surface area contributed by atoms with Gasteiger partial charge in [0, 0.05) is 6.54 Å². The maximum Gasteiger partial charge on any atom is 0.290 e. The van der Waals surface area contributed by atoms with Crippen molar-refractivity contribution in [3.05, 3.63) is 11.6 Å². The molecule has 1 unspecified atom stereocenters. The van der Waals surface area contributed by atoms with E-state index < -0.39 is 0 Å². The lowest BCUT2D eigenvalue weighted by atomic mass is 10.1. The molecule has 1 saturated heterocycles. The number of aromatic nitrogens is 3. The Bertz CT molecular complexity index is 342. The van der Waals surface area contributed by atoms with Crippen LogP contribution < -0.4 is 10.6 Å². The second-order valence-electron chi connectivity index (χ2n) is 3.81. The fraction of sp³-hybridized carbons (Fsp3) is 0.667. The van der Waals surface area contributed by atoms with Crippen LogP contribution in [0.15, 0.2) is 0 Å². The largest absolute Gasteiger partial charge is 0.349 e. The average Bonchev–Trinajstić information content (AvgIpc) is 2.84. The van der Waals surface area contributed by atoms with Gasteiger partial charge in [0.15, 0.2) is 0 Å². The van der Waals surface area contributed by atoms with E-state index in [1.807, 2.05) is 0 Å². The van der Waals surface area contributed by atoms with Gasteiger partial charge < -0.3 is 10.6 Å². The highest BCUT2D eigenvalue weighted by Gasteiger charge is 2.17. The normalized spacial score (nSPS) is 20.5. The zero-order valence-electron chi connectivity index (χ0n) is 8.71. The Hall–Kier alpha value is -1.43. The summed E-state index contributed by atoms with van der Waals surface area (Å²) in [7, 11) is 0. The minimum absolute atomic E-state index is 0.203. The van der Waals surface area contributed by atoms with Crippen molar-refractivity contribution >= 4 is 5.91 Å². The second kappa shape index (κ2) is 4.39. The number of nitrogens with one attached hydrogen (secondary N) is 3. The number of hydrogen-bond donors (Lipinski definition) is 3. The van der Waals surface area contributed by atoms with E-state index in [0.717, 1.165) is 19.5 Å². The van der Waals surface area contributed by atoms with Gasteiger partial charge in [-0.1, -0.05) is 0 Å². The summed E-state index contributed by atoms with van der Waals surface area (Å²) in [5.41, 5.74) is 0. The summed E-state index contributed by atoms with van der Waals surface area (Å²) in [5, 5.41) is 12.5. The van der Waals surface area contributed by atoms with Crippen molar-refractivity contribution in [2.24, 2.45) is 5.92 Å². The molecule has 3 N–H and O–H groups in total. The van der Waals surface area contributed by atoms with E-state index in [9.17, 15) is 4.79 Å². The summed E-state index contributed by atoms with van der Waals surface area (Å²) in [6.45, 7) is 4.48. The van der Waals surface area contributed by atoms with Crippen LogP contribution in [0.25, 0.3) is 0 Å². The van der Waals surface area contributed by atoms with Crippen LogP contribution in [-0.4, -0.2) is 40.7 Å². The van der Waals surface area contributed by atoms with E-state index in [2.05, 4.69) is 25.8 Å². The third kappa shape index (κ3) is 2.53. The topological polar surface area (TPSA) is 82.7 Å². The molecule has 1 atom stereocenters. The van der Waals surface area contributed by atoms with Crippen LogP contribution in [0.5, 0.6) is 0 Å². The van der Waals surface area contributed by atoms with Crippen molar-refractivity contribution in [3.63, 3.8) is 0 Å². The predicted molar refractivity (Wildman–Crippen MR) is 54.4 cm³/mol. The standard InChI is InChI=1S/C9H15N5O/c1-6-12-8(14-13-6)9(15)11-5-7-2-3-10-4-7/h7,10H,2-5H2,1H3,(H,11,15)(H,12,13,14). The molecule has 0 bridgehead atoms. The lowest BCUT2D eigenvalue weighted by Crippen LogP contribution is -2.30. The van der Waals surface area contributed by atoms with Crippen molar-refractivity contribution in [2.45, 2.75) is 13.3 Å². The van der Waals surface area contributed by atoms with Gasteiger partial charge in [-0.2, -0.15) is 0 Å². The van der Waals surface area contributed by atoms with Crippen molar-refractivity contribution in [1.82, 2.24) is 25.8 Å². The molecule has 1 aromatic rings. The Morgan fingerprint density at radius 3 is 3.13 bits per heavy atom. The van der Waals surface area contributed by atoms with Crippen LogP contribution in [0.3, 0.4) is 0 Å². The molecular formula is C9H15N5O. The van der Waals surface area contributed by atoms with E-state index in [0.29, 0.717) is 18.3 Å². The molecule has 0 aliphatic carbocycles. The molecule has 2 rings (SSSR count). The number of aryl methyl sites for hydroxylation is 1. The third-order valence-electron chi connectivity index (χ3n) is 2.51. The summed E-state index contributed by atoms with van der Waals surface area (Å²) in [6, 6.07) is 0. The van der Waals surface area contributed by atoms with Crippen LogP contribution in [-0.2, 0) is 0 Å². The summed E-state index contributed by atoms with van der Waals surface area (Å²) >= 11 is 0. The summed E-state index contributed by atoms with van der Waals surface area (Å²) < 4.78 is 0. The average molecular weight is 209 g/mol. The first-order chi connectivity index (χ1) is 7.25. The zero-order chi connectivity index (χ0) is 10.7. The van der Waals surface area contributed by atoms with Gasteiger partial charge in [-0.25, -0.2) is 4.98 Å². The number of hydrogen-bond acceptors (Lipinski definition) is 4. The highest BCUT2D eigenvalue weighted by Crippen LogP contribution is 2.05. The molecule has 0 saturated carbocycles.